The van der Waals surface area contributed by atoms with Gasteiger partial charge in [-0.3, -0.25) is 4.90 Å². The molecule has 44 heavy (non-hydrogen) atoms. The Labute approximate surface area is 281 Å². The largest absolute Gasteiger partial charge is 0.494 e. The van der Waals surface area contributed by atoms with Crippen LogP contribution in [-0.2, 0) is 0 Å². The summed E-state index contributed by atoms with van der Waals surface area (Å²) in [6.45, 7) is 8.26. The third kappa shape index (κ3) is 9.90. The van der Waals surface area contributed by atoms with Crippen molar-refractivity contribution in [3.8, 4) is 11.5 Å². The number of pyridine rings is 1. The fraction of sp³-hybridized carbons (Fsp3) is 0.441. The van der Waals surface area contributed by atoms with Gasteiger partial charge in [0.05, 0.1) is 17.8 Å². The first kappa shape index (κ1) is 34.7. The first-order valence-electron chi connectivity index (χ1n) is 15.2. The SMILES string of the molecule is Cc1cccc2c(Nc3ccc(OCCCCN(CCCl)CCCl)cc3)c3cccc(OCCN(CCCl)CCCl)c3nc12. The van der Waals surface area contributed by atoms with Crippen molar-refractivity contribution < 1.29 is 9.47 Å². The Kier molecular flexibility index (Phi) is 14.7. The van der Waals surface area contributed by atoms with Gasteiger partial charge < -0.3 is 19.7 Å². The van der Waals surface area contributed by atoms with E-state index < -0.39 is 0 Å². The minimum absolute atomic E-state index is 0.518. The molecule has 0 unspecified atom stereocenters. The number of anilines is 2. The maximum atomic E-state index is 6.30. The highest BCUT2D eigenvalue weighted by Crippen LogP contribution is 2.38. The molecule has 0 bridgehead atoms. The molecule has 0 atom stereocenters. The molecule has 0 radical (unpaired) electrons. The number of unbranched alkanes of at least 4 members (excludes halogenated alkanes) is 1. The Morgan fingerprint density at radius 3 is 1.91 bits per heavy atom. The maximum Gasteiger partial charge on any atom is 0.145 e. The minimum atomic E-state index is 0.518. The van der Waals surface area contributed by atoms with Crippen LogP contribution in [0.15, 0.2) is 60.7 Å². The monoisotopic (exact) mass is 678 g/mol. The van der Waals surface area contributed by atoms with Gasteiger partial charge in [-0.2, -0.15) is 0 Å². The lowest BCUT2D eigenvalue weighted by molar-refractivity contribution is 0.226. The molecule has 4 aromatic rings. The number of hydrogen-bond acceptors (Lipinski definition) is 6. The van der Waals surface area contributed by atoms with E-state index in [1.54, 1.807) is 0 Å². The standard InChI is InChI=1S/C34H42Cl4N4O2/c1-26-6-4-7-29-32(26)40-34-30(8-5-9-31(34)44-25-23-42(21-16-37)22-17-38)33(29)39-27-10-12-28(13-11-27)43-24-3-2-18-41(19-14-35)20-15-36/h4-13H,2-3,14-25H2,1H3,(H,39,40). The van der Waals surface area contributed by atoms with E-state index in [1.807, 2.05) is 24.3 Å². The number of hydrogen-bond donors (Lipinski definition) is 1. The third-order valence-electron chi connectivity index (χ3n) is 7.53. The lowest BCUT2D eigenvalue weighted by atomic mass is 10.0. The van der Waals surface area contributed by atoms with Gasteiger partial charge in [0.15, 0.2) is 0 Å². The smallest absolute Gasteiger partial charge is 0.145 e. The average Bonchev–Trinajstić information content (AvgIpc) is 3.02. The van der Waals surface area contributed by atoms with Gasteiger partial charge in [-0.05, 0) is 62.2 Å². The number of aromatic nitrogens is 1. The zero-order chi connectivity index (χ0) is 31.1. The zero-order valence-electron chi connectivity index (χ0n) is 25.3. The molecule has 0 aliphatic carbocycles. The summed E-state index contributed by atoms with van der Waals surface area (Å²) >= 11 is 23.7. The highest BCUT2D eigenvalue weighted by Gasteiger charge is 2.15. The normalized spacial score (nSPS) is 11.6. The first-order chi connectivity index (χ1) is 21.6. The van der Waals surface area contributed by atoms with Gasteiger partial charge in [0.25, 0.3) is 0 Å². The van der Waals surface area contributed by atoms with Crippen molar-refractivity contribution in [1.82, 2.24) is 14.8 Å². The highest BCUT2D eigenvalue weighted by molar-refractivity contribution is 6.18. The van der Waals surface area contributed by atoms with Crippen LogP contribution in [0.1, 0.15) is 18.4 Å². The average molecular weight is 681 g/mol. The van der Waals surface area contributed by atoms with E-state index in [4.69, 9.17) is 60.9 Å². The summed E-state index contributed by atoms with van der Waals surface area (Å²) in [5, 5.41) is 5.73. The predicted octanol–water partition coefficient (Wildman–Crippen LogP) is 8.54. The number of ether oxygens (including phenoxy) is 2. The Balaban J connectivity index is 1.47. The fourth-order valence-corrected chi connectivity index (χ4v) is 6.15. The van der Waals surface area contributed by atoms with Gasteiger partial charge in [0.1, 0.15) is 23.6 Å². The zero-order valence-corrected chi connectivity index (χ0v) is 28.4. The number of aryl methyl sites for hydroxylation is 1. The molecule has 1 aromatic heterocycles. The summed E-state index contributed by atoms with van der Waals surface area (Å²) in [5.41, 5.74) is 4.84. The van der Waals surface area contributed by atoms with Gasteiger partial charge in [0, 0.05) is 72.7 Å². The summed E-state index contributed by atoms with van der Waals surface area (Å²) < 4.78 is 12.3. The topological polar surface area (TPSA) is 49.9 Å². The third-order valence-corrected chi connectivity index (χ3v) is 8.20. The lowest BCUT2D eigenvalue weighted by Gasteiger charge is -2.20. The molecule has 0 fully saturated rings. The van der Waals surface area contributed by atoms with E-state index in [0.717, 1.165) is 102 Å². The van der Waals surface area contributed by atoms with Gasteiger partial charge in [0.2, 0.25) is 0 Å². The van der Waals surface area contributed by atoms with E-state index in [0.29, 0.717) is 36.7 Å². The number of rotatable bonds is 20. The fourth-order valence-electron chi connectivity index (χ4n) is 5.20. The molecule has 0 aliphatic rings. The number of nitrogens with zero attached hydrogens (tertiary/aromatic N) is 3. The number of para-hydroxylation sites is 2. The van der Waals surface area contributed by atoms with Crippen LogP contribution in [0.25, 0.3) is 21.8 Å². The predicted molar refractivity (Wildman–Crippen MR) is 190 cm³/mol. The molecular weight excluding hydrogens is 638 g/mol. The van der Waals surface area contributed by atoms with Gasteiger partial charge in [-0.1, -0.05) is 30.3 Å². The summed E-state index contributed by atoms with van der Waals surface area (Å²) in [7, 11) is 0. The Bertz CT molecular complexity index is 1430. The molecule has 0 spiro atoms. The van der Waals surface area contributed by atoms with Crippen molar-refractivity contribution in [2.24, 2.45) is 0 Å². The number of nitrogens with one attached hydrogen (secondary N) is 1. The molecule has 0 amide bonds. The van der Waals surface area contributed by atoms with Gasteiger partial charge in [-0.15, -0.1) is 46.4 Å². The van der Waals surface area contributed by atoms with Crippen LogP contribution in [0.5, 0.6) is 11.5 Å². The molecule has 238 valence electrons. The lowest BCUT2D eigenvalue weighted by Crippen LogP contribution is -2.32. The molecular formula is C34H42Cl4N4O2. The van der Waals surface area contributed by atoms with Crippen LogP contribution >= 0.6 is 46.4 Å². The van der Waals surface area contributed by atoms with Crippen molar-refractivity contribution in [3.05, 3.63) is 66.2 Å². The van der Waals surface area contributed by atoms with Gasteiger partial charge in [-0.25, -0.2) is 4.98 Å². The van der Waals surface area contributed by atoms with Crippen LogP contribution in [0, 0.1) is 6.92 Å². The number of benzene rings is 3. The van der Waals surface area contributed by atoms with Crippen LogP contribution in [-0.4, -0.2) is 90.8 Å². The summed E-state index contributed by atoms with van der Waals surface area (Å²) in [6.07, 6.45) is 2.01. The van der Waals surface area contributed by atoms with Crippen molar-refractivity contribution in [1.29, 1.82) is 0 Å². The summed E-state index contributed by atoms with van der Waals surface area (Å²) in [5.74, 6) is 3.97. The van der Waals surface area contributed by atoms with Crippen LogP contribution in [0.2, 0.25) is 0 Å². The van der Waals surface area contributed by atoms with Crippen molar-refractivity contribution in [2.75, 3.05) is 81.3 Å². The summed E-state index contributed by atoms with van der Waals surface area (Å²) in [4.78, 5) is 9.59. The second kappa shape index (κ2) is 18.7. The molecule has 3 aromatic carbocycles. The summed E-state index contributed by atoms with van der Waals surface area (Å²) in [6, 6.07) is 20.5. The van der Waals surface area contributed by atoms with Crippen molar-refractivity contribution >= 4 is 79.6 Å². The van der Waals surface area contributed by atoms with E-state index in [1.165, 1.54) is 0 Å². The Morgan fingerprint density at radius 1 is 0.636 bits per heavy atom. The van der Waals surface area contributed by atoms with E-state index >= 15 is 0 Å². The first-order valence-corrected chi connectivity index (χ1v) is 17.3. The molecule has 0 saturated heterocycles. The molecule has 10 heteroatoms. The van der Waals surface area contributed by atoms with Crippen molar-refractivity contribution in [3.63, 3.8) is 0 Å². The molecule has 1 heterocycles. The Hall–Kier alpha value is -2.19. The molecule has 6 nitrogen and oxygen atoms in total. The van der Waals surface area contributed by atoms with Crippen LogP contribution < -0.4 is 14.8 Å². The second-order valence-electron chi connectivity index (χ2n) is 10.6. The minimum Gasteiger partial charge on any atom is -0.494 e. The van der Waals surface area contributed by atoms with Crippen LogP contribution in [0.3, 0.4) is 0 Å². The Morgan fingerprint density at radius 2 is 1.25 bits per heavy atom. The molecule has 4 rings (SSSR count). The van der Waals surface area contributed by atoms with Crippen LogP contribution in [0.4, 0.5) is 11.4 Å². The quantitative estimate of drug-likeness (QED) is 0.0574. The van der Waals surface area contributed by atoms with Gasteiger partial charge >= 0.3 is 0 Å². The highest BCUT2D eigenvalue weighted by atomic mass is 35.5. The van der Waals surface area contributed by atoms with E-state index in [2.05, 4.69) is 58.4 Å². The maximum absolute atomic E-state index is 6.30. The van der Waals surface area contributed by atoms with E-state index in [9.17, 15) is 0 Å². The second-order valence-corrected chi connectivity index (χ2v) is 12.1. The van der Waals surface area contributed by atoms with Crippen molar-refractivity contribution in [2.45, 2.75) is 19.8 Å². The molecule has 0 saturated carbocycles. The number of fused-ring (bicyclic) bond motifs is 2. The number of alkyl halides is 4. The number of halogens is 4. The molecule has 0 aliphatic heterocycles. The van der Waals surface area contributed by atoms with E-state index in [-0.39, 0.29) is 0 Å². The molecule has 1 N–H and O–H groups in total.